The molecule has 0 unspecified atom stereocenters. The highest BCUT2D eigenvalue weighted by Gasteiger charge is 2.42. The maximum atomic E-state index is 12.4. The van der Waals surface area contributed by atoms with E-state index in [1.54, 1.807) is 22.8 Å². The summed E-state index contributed by atoms with van der Waals surface area (Å²) in [6, 6.07) is 0.406. The number of carbonyl (C=O) groups is 2. The van der Waals surface area contributed by atoms with Gasteiger partial charge in [0.25, 0.3) is 0 Å². The molecule has 20 heavy (non-hydrogen) atoms. The van der Waals surface area contributed by atoms with Gasteiger partial charge < -0.3 is 9.80 Å². The summed E-state index contributed by atoms with van der Waals surface area (Å²) in [5.41, 5.74) is 1.01. The fraction of sp³-hybridized carbons (Fsp3) is 0.643. The molecule has 0 spiro atoms. The van der Waals surface area contributed by atoms with E-state index in [0.717, 1.165) is 18.4 Å². The molecule has 1 aromatic rings. The van der Waals surface area contributed by atoms with E-state index in [4.69, 9.17) is 0 Å². The van der Waals surface area contributed by atoms with Gasteiger partial charge in [0, 0.05) is 51.4 Å². The van der Waals surface area contributed by atoms with E-state index in [1.165, 1.54) is 0 Å². The molecule has 0 bridgehead atoms. The average molecular weight is 276 g/mol. The van der Waals surface area contributed by atoms with Crippen molar-refractivity contribution < 1.29 is 9.59 Å². The second-order valence-corrected chi connectivity index (χ2v) is 5.89. The highest BCUT2D eigenvalue weighted by Crippen LogP contribution is 2.33. The first-order valence-corrected chi connectivity index (χ1v) is 7.06. The van der Waals surface area contributed by atoms with Crippen LogP contribution in [0.1, 0.15) is 24.8 Å². The van der Waals surface area contributed by atoms with Crippen molar-refractivity contribution in [3.05, 3.63) is 18.0 Å². The highest BCUT2D eigenvalue weighted by molar-refractivity contribution is 5.89. The first-order valence-electron chi connectivity index (χ1n) is 7.06. The van der Waals surface area contributed by atoms with E-state index in [2.05, 4.69) is 5.10 Å². The van der Waals surface area contributed by atoms with Gasteiger partial charge in [-0.3, -0.25) is 14.3 Å². The van der Waals surface area contributed by atoms with Gasteiger partial charge in [-0.25, -0.2) is 0 Å². The van der Waals surface area contributed by atoms with E-state index in [1.807, 2.05) is 18.1 Å². The van der Waals surface area contributed by atoms with Gasteiger partial charge in [0.05, 0.1) is 12.1 Å². The molecule has 3 rings (SSSR count). The van der Waals surface area contributed by atoms with Gasteiger partial charge in [-0.1, -0.05) is 0 Å². The van der Waals surface area contributed by atoms with Crippen LogP contribution in [-0.4, -0.2) is 51.0 Å². The van der Waals surface area contributed by atoms with Crippen molar-refractivity contribution in [2.45, 2.75) is 31.8 Å². The van der Waals surface area contributed by atoms with Gasteiger partial charge in [0.1, 0.15) is 0 Å². The molecule has 1 atom stereocenters. The SMILES string of the molecule is CN(Cc1cnn(C)c1)C(=O)[C@H]1CC(=O)N(C2CC2)C1. The summed E-state index contributed by atoms with van der Waals surface area (Å²) in [6.45, 7) is 1.14. The Morgan fingerprint density at radius 2 is 2.25 bits per heavy atom. The molecule has 2 aliphatic rings. The molecule has 2 amide bonds. The van der Waals surface area contributed by atoms with Gasteiger partial charge >= 0.3 is 0 Å². The zero-order chi connectivity index (χ0) is 14.3. The van der Waals surface area contributed by atoms with Crippen molar-refractivity contribution in [2.24, 2.45) is 13.0 Å². The van der Waals surface area contributed by atoms with Gasteiger partial charge in [0.2, 0.25) is 11.8 Å². The minimum absolute atomic E-state index is 0.0605. The van der Waals surface area contributed by atoms with Crippen molar-refractivity contribution in [1.82, 2.24) is 19.6 Å². The number of likely N-dealkylation sites (tertiary alicyclic amines) is 1. The second kappa shape index (κ2) is 4.92. The van der Waals surface area contributed by atoms with Crippen molar-refractivity contribution in [3.8, 4) is 0 Å². The van der Waals surface area contributed by atoms with Crippen LogP contribution in [0.5, 0.6) is 0 Å². The number of hydrogen-bond donors (Lipinski definition) is 0. The molecule has 0 radical (unpaired) electrons. The van der Waals surface area contributed by atoms with Crippen LogP contribution in [0.15, 0.2) is 12.4 Å². The minimum atomic E-state index is -0.176. The number of aromatic nitrogens is 2. The summed E-state index contributed by atoms with van der Waals surface area (Å²) in [6.07, 6.45) is 6.23. The number of carbonyl (C=O) groups excluding carboxylic acids is 2. The van der Waals surface area contributed by atoms with E-state index in [0.29, 0.717) is 25.6 Å². The Morgan fingerprint density at radius 1 is 1.50 bits per heavy atom. The highest BCUT2D eigenvalue weighted by atomic mass is 16.2. The Hall–Kier alpha value is -1.85. The fourth-order valence-corrected chi connectivity index (χ4v) is 2.85. The van der Waals surface area contributed by atoms with Crippen LogP contribution in [0.2, 0.25) is 0 Å². The number of amides is 2. The molecule has 108 valence electrons. The lowest BCUT2D eigenvalue weighted by molar-refractivity contribution is -0.135. The Labute approximate surface area is 118 Å². The predicted octanol–water partition coefficient (Wildman–Crippen LogP) is 0.389. The zero-order valence-electron chi connectivity index (χ0n) is 12.0. The third kappa shape index (κ3) is 2.55. The molecule has 6 nitrogen and oxygen atoms in total. The Balaban J connectivity index is 1.59. The lowest BCUT2D eigenvalue weighted by Gasteiger charge is -2.20. The van der Waals surface area contributed by atoms with Crippen molar-refractivity contribution in [2.75, 3.05) is 13.6 Å². The zero-order valence-corrected chi connectivity index (χ0v) is 12.0. The lowest BCUT2D eigenvalue weighted by atomic mass is 10.1. The molecule has 6 heteroatoms. The monoisotopic (exact) mass is 276 g/mol. The third-order valence-corrected chi connectivity index (χ3v) is 4.05. The largest absolute Gasteiger partial charge is 0.341 e. The summed E-state index contributed by atoms with van der Waals surface area (Å²) < 4.78 is 1.72. The smallest absolute Gasteiger partial charge is 0.228 e. The molecule has 2 fully saturated rings. The van der Waals surface area contributed by atoms with Gasteiger partial charge in [-0.15, -0.1) is 0 Å². The van der Waals surface area contributed by atoms with Crippen molar-refractivity contribution in [3.63, 3.8) is 0 Å². The number of aryl methyl sites for hydroxylation is 1. The normalized spacial score (nSPS) is 22.4. The Morgan fingerprint density at radius 3 is 2.85 bits per heavy atom. The first kappa shape index (κ1) is 13.1. The fourth-order valence-electron chi connectivity index (χ4n) is 2.85. The molecular formula is C14H20N4O2. The Bertz CT molecular complexity index is 535. The maximum absolute atomic E-state index is 12.4. The first-order chi connectivity index (χ1) is 9.54. The van der Waals surface area contributed by atoms with E-state index >= 15 is 0 Å². The number of rotatable bonds is 4. The second-order valence-electron chi connectivity index (χ2n) is 5.89. The van der Waals surface area contributed by atoms with Gasteiger partial charge in [-0.2, -0.15) is 5.10 Å². The van der Waals surface area contributed by atoms with Crippen LogP contribution >= 0.6 is 0 Å². The summed E-state index contributed by atoms with van der Waals surface area (Å²) in [7, 11) is 3.65. The van der Waals surface area contributed by atoms with Crippen LogP contribution in [0.4, 0.5) is 0 Å². The third-order valence-electron chi connectivity index (χ3n) is 4.05. The van der Waals surface area contributed by atoms with Gasteiger partial charge in [0.15, 0.2) is 0 Å². The summed E-state index contributed by atoms with van der Waals surface area (Å²) in [4.78, 5) is 27.9. The van der Waals surface area contributed by atoms with Crippen LogP contribution < -0.4 is 0 Å². The Kier molecular flexibility index (Phi) is 3.23. The molecule has 1 aliphatic carbocycles. The van der Waals surface area contributed by atoms with Crippen LogP contribution in [0.3, 0.4) is 0 Å². The standard InChI is InChI=1S/C14H20N4O2/c1-16(7-10-6-15-17(2)8-10)14(20)11-5-13(19)18(9-11)12-3-4-12/h6,8,11-12H,3-5,7,9H2,1-2H3/t11-/m0/s1. The lowest BCUT2D eigenvalue weighted by Crippen LogP contribution is -2.34. The molecule has 1 saturated heterocycles. The van der Waals surface area contributed by atoms with Crippen molar-refractivity contribution in [1.29, 1.82) is 0 Å². The van der Waals surface area contributed by atoms with Crippen LogP contribution in [-0.2, 0) is 23.2 Å². The van der Waals surface area contributed by atoms with Crippen molar-refractivity contribution >= 4 is 11.8 Å². The van der Waals surface area contributed by atoms with E-state index in [9.17, 15) is 9.59 Å². The maximum Gasteiger partial charge on any atom is 0.228 e. The molecular weight excluding hydrogens is 256 g/mol. The predicted molar refractivity (Wildman–Crippen MR) is 72.5 cm³/mol. The average Bonchev–Trinajstić information content (AvgIpc) is 3.06. The van der Waals surface area contributed by atoms with E-state index in [-0.39, 0.29) is 17.7 Å². The van der Waals surface area contributed by atoms with Gasteiger partial charge in [-0.05, 0) is 12.8 Å². The van der Waals surface area contributed by atoms with Crippen LogP contribution in [0, 0.1) is 5.92 Å². The quantitative estimate of drug-likeness (QED) is 0.799. The summed E-state index contributed by atoms with van der Waals surface area (Å²) in [5.74, 6) is 0.0238. The number of hydrogen-bond acceptors (Lipinski definition) is 3. The molecule has 0 aromatic carbocycles. The van der Waals surface area contributed by atoms with Crippen LogP contribution in [0.25, 0.3) is 0 Å². The number of nitrogens with zero attached hydrogens (tertiary/aromatic N) is 4. The topological polar surface area (TPSA) is 58.4 Å². The summed E-state index contributed by atoms with van der Waals surface area (Å²) >= 11 is 0. The molecule has 1 aliphatic heterocycles. The van der Waals surface area contributed by atoms with E-state index < -0.39 is 0 Å². The molecule has 1 saturated carbocycles. The molecule has 0 N–H and O–H groups in total. The molecule has 2 heterocycles. The molecule has 1 aromatic heterocycles. The minimum Gasteiger partial charge on any atom is -0.341 e. The summed E-state index contributed by atoms with van der Waals surface area (Å²) in [5, 5.41) is 4.10.